The van der Waals surface area contributed by atoms with E-state index in [4.69, 9.17) is 4.74 Å². The molecule has 0 unspecified atom stereocenters. The number of fused-ring (bicyclic) bond motifs is 1. The number of anilines is 2. The summed E-state index contributed by atoms with van der Waals surface area (Å²) >= 11 is 0. The van der Waals surface area contributed by atoms with E-state index in [0.29, 0.717) is 11.6 Å². The van der Waals surface area contributed by atoms with Crippen molar-refractivity contribution >= 4 is 17.3 Å². The first-order valence-electron chi connectivity index (χ1n) is 10.1. The van der Waals surface area contributed by atoms with Crippen molar-refractivity contribution in [2.75, 3.05) is 12.4 Å². The Hall–Kier alpha value is -4.26. The van der Waals surface area contributed by atoms with E-state index < -0.39 is 0 Å². The van der Waals surface area contributed by atoms with Gasteiger partial charge in [-0.05, 0) is 66.6 Å². The first kappa shape index (κ1) is 19.7. The molecule has 32 heavy (non-hydrogen) atoms. The van der Waals surface area contributed by atoms with Crippen LogP contribution in [0.4, 0.5) is 16.0 Å². The Morgan fingerprint density at radius 2 is 1.78 bits per heavy atom. The molecule has 5 aromatic rings. The number of nitrogens with zero attached hydrogens (tertiary/aromatic N) is 4. The first-order valence-corrected chi connectivity index (χ1v) is 10.1. The lowest BCUT2D eigenvalue weighted by Gasteiger charge is -2.11. The summed E-state index contributed by atoms with van der Waals surface area (Å²) in [4.78, 5) is 8.91. The van der Waals surface area contributed by atoms with Crippen LogP contribution in [-0.2, 0) is 0 Å². The number of hydrogen-bond acceptors (Lipinski definition) is 5. The van der Waals surface area contributed by atoms with Crippen molar-refractivity contribution < 1.29 is 9.13 Å². The average Bonchev–Trinajstić information content (AvgIpc) is 3.22. The minimum Gasteiger partial charge on any atom is -0.496 e. The number of methoxy groups -OCH3 is 1. The van der Waals surface area contributed by atoms with Crippen LogP contribution in [-0.4, -0.2) is 26.7 Å². The normalized spacial score (nSPS) is 11.0. The van der Waals surface area contributed by atoms with Crippen LogP contribution in [0.5, 0.6) is 5.75 Å². The standard InChI is InChI=1S/C25H20FN5O/c1-16-14-18(11-12-27-16)21-10-9-20(15-23(21)32-2)28-25-29-24-22(4-3-13-31(24)30-25)17-5-7-19(26)8-6-17/h3-15H,1-2H3,(H,28,30). The molecule has 0 radical (unpaired) electrons. The van der Waals surface area contributed by atoms with E-state index in [0.717, 1.165) is 39.4 Å². The number of hydrogen-bond donors (Lipinski definition) is 1. The van der Waals surface area contributed by atoms with Gasteiger partial charge in [-0.1, -0.05) is 12.1 Å². The number of rotatable bonds is 5. The van der Waals surface area contributed by atoms with E-state index in [1.807, 2.05) is 55.6 Å². The Morgan fingerprint density at radius 1 is 0.938 bits per heavy atom. The van der Waals surface area contributed by atoms with Gasteiger partial charge >= 0.3 is 0 Å². The molecular weight excluding hydrogens is 405 g/mol. The molecule has 0 bridgehead atoms. The van der Waals surface area contributed by atoms with Crippen molar-refractivity contribution in [1.82, 2.24) is 19.6 Å². The molecule has 7 heteroatoms. The fraction of sp³-hybridized carbons (Fsp3) is 0.0800. The maximum Gasteiger partial charge on any atom is 0.247 e. The van der Waals surface area contributed by atoms with E-state index in [2.05, 4.69) is 20.4 Å². The van der Waals surface area contributed by atoms with Crippen molar-refractivity contribution in [2.45, 2.75) is 6.92 Å². The number of aryl methyl sites for hydroxylation is 1. The molecule has 5 rings (SSSR count). The number of ether oxygens (including phenoxy) is 1. The van der Waals surface area contributed by atoms with E-state index >= 15 is 0 Å². The Bertz CT molecular complexity index is 1410. The molecule has 3 heterocycles. The lowest BCUT2D eigenvalue weighted by Crippen LogP contribution is -1.95. The summed E-state index contributed by atoms with van der Waals surface area (Å²) in [6, 6.07) is 20.0. The third kappa shape index (κ3) is 3.76. The topological polar surface area (TPSA) is 64.3 Å². The van der Waals surface area contributed by atoms with Crippen molar-refractivity contribution in [3.8, 4) is 28.0 Å². The van der Waals surface area contributed by atoms with E-state index in [-0.39, 0.29) is 5.82 Å². The zero-order valence-electron chi connectivity index (χ0n) is 17.6. The minimum absolute atomic E-state index is 0.274. The van der Waals surface area contributed by atoms with Gasteiger partial charge in [0.1, 0.15) is 11.6 Å². The largest absolute Gasteiger partial charge is 0.496 e. The molecule has 0 saturated heterocycles. The fourth-order valence-electron chi connectivity index (χ4n) is 3.66. The van der Waals surface area contributed by atoms with Crippen molar-refractivity contribution in [1.29, 1.82) is 0 Å². The third-order valence-electron chi connectivity index (χ3n) is 5.18. The number of nitrogens with one attached hydrogen (secondary N) is 1. The molecule has 0 aliphatic heterocycles. The average molecular weight is 425 g/mol. The molecule has 3 aromatic heterocycles. The molecule has 2 aromatic carbocycles. The Labute approximate surface area is 184 Å². The van der Waals surface area contributed by atoms with Gasteiger partial charge in [0.15, 0.2) is 5.65 Å². The zero-order chi connectivity index (χ0) is 22.1. The lowest BCUT2D eigenvalue weighted by molar-refractivity contribution is 0.416. The molecule has 1 N–H and O–H groups in total. The predicted octanol–water partition coefficient (Wildman–Crippen LogP) is 5.66. The van der Waals surface area contributed by atoms with Crippen LogP contribution in [0.1, 0.15) is 5.69 Å². The van der Waals surface area contributed by atoms with Gasteiger partial charge in [0.25, 0.3) is 0 Å². The summed E-state index contributed by atoms with van der Waals surface area (Å²) < 4.78 is 20.7. The van der Waals surface area contributed by atoms with Gasteiger partial charge in [-0.15, -0.1) is 5.10 Å². The van der Waals surface area contributed by atoms with Gasteiger partial charge in [-0.25, -0.2) is 8.91 Å². The van der Waals surface area contributed by atoms with Crippen LogP contribution < -0.4 is 10.1 Å². The van der Waals surface area contributed by atoms with Gasteiger partial charge in [-0.2, -0.15) is 4.98 Å². The predicted molar refractivity (Wildman–Crippen MR) is 123 cm³/mol. The molecule has 158 valence electrons. The van der Waals surface area contributed by atoms with Crippen molar-refractivity contribution in [3.63, 3.8) is 0 Å². The summed E-state index contributed by atoms with van der Waals surface area (Å²) in [5.41, 5.74) is 6.18. The van der Waals surface area contributed by atoms with E-state index in [9.17, 15) is 4.39 Å². The van der Waals surface area contributed by atoms with Crippen LogP contribution in [0.15, 0.2) is 79.1 Å². The second kappa shape index (κ2) is 8.11. The first-order chi connectivity index (χ1) is 15.6. The van der Waals surface area contributed by atoms with Crippen LogP contribution in [0.2, 0.25) is 0 Å². The lowest BCUT2D eigenvalue weighted by atomic mass is 10.0. The summed E-state index contributed by atoms with van der Waals surface area (Å²) in [5.74, 6) is 0.911. The summed E-state index contributed by atoms with van der Waals surface area (Å²) in [6.45, 7) is 1.96. The molecule has 0 saturated carbocycles. The maximum absolute atomic E-state index is 13.3. The Kier molecular flexibility index (Phi) is 4.99. The molecule has 0 amide bonds. The van der Waals surface area contributed by atoms with Crippen molar-refractivity contribution in [3.05, 3.63) is 90.6 Å². The van der Waals surface area contributed by atoms with Gasteiger partial charge in [0.2, 0.25) is 5.95 Å². The highest BCUT2D eigenvalue weighted by Gasteiger charge is 2.12. The Balaban J connectivity index is 1.48. The number of pyridine rings is 2. The van der Waals surface area contributed by atoms with Gasteiger partial charge in [0, 0.05) is 41.0 Å². The molecular formula is C25H20FN5O. The quantitative estimate of drug-likeness (QED) is 0.394. The van der Waals surface area contributed by atoms with Crippen LogP contribution >= 0.6 is 0 Å². The highest BCUT2D eigenvalue weighted by atomic mass is 19.1. The maximum atomic E-state index is 13.3. The van der Waals surface area contributed by atoms with Gasteiger partial charge in [-0.3, -0.25) is 4.98 Å². The third-order valence-corrected chi connectivity index (χ3v) is 5.18. The molecule has 0 fully saturated rings. The molecule has 0 atom stereocenters. The molecule has 0 aliphatic carbocycles. The minimum atomic E-state index is -0.274. The summed E-state index contributed by atoms with van der Waals surface area (Å²) in [5, 5.41) is 7.78. The number of halogens is 1. The van der Waals surface area contributed by atoms with Crippen LogP contribution in [0.3, 0.4) is 0 Å². The highest BCUT2D eigenvalue weighted by Crippen LogP contribution is 2.33. The smallest absolute Gasteiger partial charge is 0.247 e. The van der Waals surface area contributed by atoms with Gasteiger partial charge in [0.05, 0.1) is 7.11 Å². The highest BCUT2D eigenvalue weighted by molar-refractivity contribution is 5.79. The second-order valence-electron chi connectivity index (χ2n) is 7.36. The number of aromatic nitrogens is 4. The second-order valence-corrected chi connectivity index (χ2v) is 7.36. The molecule has 0 aliphatic rings. The van der Waals surface area contributed by atoms with Crippen molar-refractivity contribution in [2.24, 2.45) is 0 Å². The zero-order valence-corrected chi connectivity index (χ0v) is 17.6. The fourth-order valence-corrected chi connectivity index (χ4v) is 3.66. The SMILES string of the molecule is COc1cc(Nc2nc3c(-c4ccc(F)cc4)cccn3n2)ccc1-c1ccnc(C)c1. The van der Waals surface area contributed by atoms with Gasteiger partial charge < -0.3 is 10.1 Å². The van der Waals surface area contributed by atoms with Crippen LogP contribution in [0, 0.1) is 12.7 Å². The monoisotopic (exact) mass is 425 g/mol. The van der Waals surface area contributed by atoms with Crippen LogP contribution in [0.25, 0.3) is 27.9 Å². The summed E-state index contributed by atoms with van der Waals surface area (Å²) in [7, 11) is 1.65. The number of benzene rings is 2. The Morgan fingerprint density at radius 3 is 2.56 bits per heavy atom. The van der Waals surface area contributed by atoms with E-state index in [1.165, 1.54) is 12.1 Å². The summed E-state index contributed by atoms with van der Waals surface area (Å²) in [6.07, 6.45) is 3.62. The molecule has 6 nitrogen and oxygen atoms in total. The molecule has 0 spiro atoms. The van der Waals surface area contributed by atoms with E-state index in [1.54, 1.807) is 30.0 Å².